The molecule has 0 radical (unpaired) electrons. The van der Waals surface area contributed by atoms with Crippen molar-refractivity contribution in [3.63, 3.8) is 0 Å². The third-order valence-corrected chi connectivity index (χ3v) is 4.98. The van der Waals surface area contributed by atoms with Crippen LogP contribution in [0.4, 0.5) is 13.2 Å². The van der Waals surface area contributed by atoms with Gasteiger partial charge in [0.25, 0.3) is 0 Å². The number of nitrogens with zero attached hydrogens (tertiary/aromatic N) is 5. The van der Waals surface area contributed by atoms with Gasteiger partial charge in [0.15, 0.2) is 0 Å². The van der Waals surface area contributed by atoms with Gasteiger partial charge in [0.05, 0.1) is 18.0 Å². The van der Waals surface area contributed by atoms with Gasteiger partial charge in [0, 0.05) is 5.56 Å². The Labute approximate surface area is 174 Å². The zero-order valence-electron chi connectivity index (χ0n) is 16.0. The molecule has 0 aliphatic heterocycles. The lowest BCUT2D eigenvalue weighted by atomic mass is 10.0. The van der Waals surface area contributed by atoms with E-state index in [1.807, 2.05) is 0 Å². The molecule has 0 bridgehead atoms. The number of benzene rings is 1. The van der Waals surface area contributed by atoms with E-state index in [0.29, 0.717) is 0 Å². The van der Waals surface area contributed by atoms with Crippen LogP contribution in [-0.4, -0.2) is 51.1 Å². The Bertz CT molecular complexity index is 1190. The van der Waals surface area contributed by atoms with Gasteiger partial charge < -0.3 is 9.84 Å². The number of nitrogens with two attached hydrogens (primary N) is 1. The SMILES string of the molecule is C[C@](O)(CS(N)(=O)=O)c1cccc(-c2nnn(Cc3cc(OC(F)F)ccc3F)n2)n1. The van der Waals surface area contributed by atoms with Gasteiger partial charge in [-0.1, -0.05) is 6.07 Å². The summed E-state index contributed by atoms with van der Waals surface area (Å²) in [5.74, 6) is -1.65. The molecule has 2 heterocycles. The number of primary sulfonamides is 1. The van der Waals surface area contributed by atoms with E-state index in [1.165, 1.54) is 25.1 Å². The highest BCUT2D eigenvalue weighted by molar-refractivity contribution is 7.89. The maximum absolute atomic E-state index is 14.0. The van der Waals surface area contributed by atoms with Gasteiger partial charge in [0.2, 0.25) is 15.8 Å². The van der Waals surface area contributed by atoms with Crippen molar-refractivity contribution < 1.29 is 31.4 Å². The summed E-state index contributed by atoms with van der Waals surface area (Å²) in [5, 5.41) is 27.1. The fraction of sp³-hybridized carbons (Fsp3) is 0.294. The van der Waals surface area contributed by atoms with Crippen LogP contribution in [0.25, 0.3) is 11.5 Å². The Morgan fingerprint density at radius 3 is 2.71 bits per heavy atom. The summed E-state index contributed by atoms with van der Waals surface area (Å²) in [6.07, 6.45) is 0. The zero-order valence-corrected chi connectivity index (χ0v) is 16.8. The molecule has 0 amide bonds. The highest BCUT2D eigenvalue weighted by Gasteiger charge is 2.30. The molecule has 0 unspecified atom stereocenters. The number of sulfonamides is 1. The van der Waals surface area contributed by atoms with Gasteiger partial charge in [0.1, 0.15) is 22.9 Å². The van der Waals surface area contributed by atoms with E-state index in [-0.39, 0.29) is 35.1 Å². The molecule has 166 valence electrons. The first-order valence-electron chi connectivity index (χ1n) is 8.65. The summed E-state index contributed by atoms with van der Waals surface area (Å²) < 4.78 is 65.6. The summed E-state index contributed by atoms with van der Waals surface area (Å²) >= 11 is 0. The Morgan fingerprint density at radius 2 is 2.03 bits per heavy atom. The molecule has 3 aromatic rings. The van der Waals surface area contributed by atoms with Gasteiger partial charge in [-0.05, 0) is 42.5 Å². The van der Waals surface area contributed by atoms with Crippen LogP contribution in [0.2, 0.25) is 0 Å². The average molecular weight is 458 g/mol. The van der Waals surface area contributed by atoms with Gasteiger partial charge in [-0.3, -0.25) is 0 Å². The van der Waals surface area contributed by atoms with E-state index in [0.717, 1.165) is 23.0 Å². The highest BCUT2D eigenvalue weighted by atomic mass is 32.2. The molecule has 0 spiro atoms. The highest BCUT2D eigenvalue weighted by Crippen LogP contribution is 2.23. The number of alkyl halides is 2. The van der Waals surface area contributed by atoms with Crippen LogP contribution >= 0.6 is 0 Å². The van der Waals surface area contributed by atoms with E-state index in [9.17, 15) is 26.7 Å². The molecular weight excluding hydrogens is 441 g/mol. The molecule has 0 saturated heterocycles. The van der Waals surface area contributed by atoms with Crippen LogP contribution in [0.5, 0.6) is 5.75 Å². The van der Waals surface area contributed by atoms with Crippen molar-refractivity contribution in [2.45, 2.75) is 25.7 Å². The number of hydrogen-bond acceptors (Lipinski definition) is 8. The lowest BCUT2D eigenvalue weighted by Gasteiger charge is -2.21. The van der Waals surface area contributed by atoms with E-state index in [4.69, 9.17) is 5.14 Å². The van der Waals surface area contributed by atoms with Crippen LogP contribution < -0.4 is 9.88 Å². The summed E-state index contributed by atoms with van der Waals surface area (Å²) in [6.45, 7) is -2.05. The zero-order chi connectivity index (χ0) is 22.8. The normalized spacial score (nSPS) is 13.9. The second kappa shape index (κ2) is 8.56. The van der Waals surface area contributed by atoms with Gasteiger partial charge in [-0.2, -0.15) is 13.6 Å². The third-order valence-electron chi connectivity index (χ3n) is 4.02. The predicted molar refractivity (Wildman–Crippen MR) is 101 cm³/mol. The van der Waals surface area contributed by atoms with E-state index in [2.05, 4.69) is 25.1 Å². The van der Waals surface area contributed by atoms with Crippen LogP contribution in [0, 0.1) is 5.82 Å². The number of aliphatic hydroxyl groups is 1. The third kappa shape index (κ3) is 5.96. The van der Waals surface area contributed by atoms with Gasteiger partial charge >= 0.3 is 6.61 Å². The van der Waals surface area contributed by atoms with Crippen molar-refractivity contribution in [2.24, 2.45) is 5.14 Å². The van der Waals surface area contributed by atoms with Crippen LogP contribution in [0.3, 0.4) is 0 Å². The Balaban J connectivity index is 1.83. The first kappa shape index (κ1) is 22.6. The Morgan fingerprint density at radius 1 is 1.29 bits per heavy atom. The van der Waals surface area contributed by atoms with Crippen LogP contribution in [-0.2, 0) is 22.2 Å². The Kier molecular flexibility index (Phi) is 6.24. The molecule has 2 aromatic heterocycles. The van der Waals surface area contributed by atoms with Crippen molar-refractivity contribution in [3.05, 3.63) is 53.5 Å². The standard InChI is InChI=1S/C17H17F3N6O4S/c1-17(27,9-31(21,28)29)14-4-2-3-13(22-14)15-23-25-26(24-15)8-10-7-11(30-16(19)20)5-6-12(10)18/h2-7,16,27H,8-9H2,1H3,(H2,21,28,29)/t17-/m0/s1. The maximum Gasteiger partial charge on any atom is 0.387 e. The predicted octanol–water partition coefficient (Wildman–Crippen LogP) is 1.02. The van der Waals surface area contributed by atoms with E-state index < -0.39 is 33.8 Å². The molecule has 31 heavy (non-hydrogen) atoms. The number of rotatable bonds is 8. The average Bonchev–Trinajstić information content (AvgIpc) is 3.11. The van der Waals surface area contributed by atoms with Crippen molar-refractivity contribution in [2.75, 3.05) is 5.75 Å². The minimum absolute atomic E-state index is 0.00801. The first-order valence-corrected chi connectivity index (χ1v) is 10.4. The van der Waals surface area contributed by atoms with E-state index >= 15 is 0 Å². The fourth-order valence-corrected chi connectivity index (χ4v) is 3.67. The summed E-state index contributed by atoms with van der Waals surface area (Å²) in [4.78, 5) is 5.17. The van der Waals surface area contributed by atoms with E-state index in [1.54, 1.807) is 0 Å². The second-order valence-electron chi connectivity index (χ2n) is 6.76. The molecule has 0 aliphatic carbocycles. The molecule has 3 N–H and O–H groups in total. The van der Waals surface area contributed by atoms with Crippen LogP contribution in [0.1, 0.15) is 18.2 Å². The molecule has 0 saturated carbocycles. The monoisotopic (exact) mass is 458 g/mol. The fourth-order valence-electron chi connectivity index (χ4n) is 2.74. The molecule has 10 nitrogen and oxygen atoms in total. The molecular formula is C17H17F3N6O4S. The summed E-state index contributed by atoms with van der Waals surface area (Å²) in [6, 6.07) is 7.53. The van der Waals surface area contributed by atoms with Crippen LogP contribution in [0.15, 0.2) is 36.4 Å². The lowest BCUT2D eigenvalue weighted by Crippen LogP contribution is -2.35. The topological polar surface area (TPSA) is 146 Å². The number of tetrazole rings is 1. The largest absolute Gasteiger partial charge is 0.435 e. The number of halogens is 3. The minimum atomic E-state index is -3.98. The minimum Gasteiger partial charge on any atom is -0.435 e. The van der Waals surface area contributed by atoms with Crippen molar-refractivity contribution in [1.82, 2.24) is 25.2 Å². The smallest absolute Gasteiger partial charge is 0.387 e. The molecule has 1 aromatic carbocycles. The van der Waals surface area contributed by atoms with Crippen molar-refractivity contribution in [1.29, 1.82) is 0 Å². The second-order valence-corrected chi connectivity index (χ2v) is 8.38. The summed E-state index contributed by atoms with van der Waals surface area (Å²) in [7, 11) is -3.98. The Hall–Kier alpha value is -3.10. The molecule has 0 fully saturated rings. The number of pyridine rings is 1. The van der Waals surface area contributed by atoms with Crippen molar-refractivity contribution >= 4 is 10.0 Å². The first-order chi connectivity index (χ1) is 14.4. The van der Waals surface area contributed by atoms with Gasteiger partial charge in [-0.25, -0.2) is 22.9 Å². The molecule has 14 heteroatoms. The maximum atomic E-state index is 14.0. The molecule has 1 atom stereocenters. The molecule has 3 rings (SSSR count). The number of hydrogen-bond donors (Lipinski definition) is 2. The number of ether oxygens (including phenoxy) is 1. The van der Waals surface area contributed by atoms with Crippen molar-refractivity contribution in [3.8, 4) is 17.3 Å². The number of aromatic nitrogens is 5. The molecule has 0 aliphatic rings. The quantitative estimate of drug-likeness (QED) is 0.509. The van der Waals surface area contributed by atoms with Gasteiger partial charge in [-0.15, -0.1) is 10.2 Å². The lowest BCUT2D eigenvalue weighted by molar-refractivity contribution is -0.0499. The summed E-state index contributed by atoms with van der Waals surface area (Å²) in [5.41, 5.74) is -1.71.